The third kappa shape index (κ3) is 4.31. The largest absolute Gasteiger partial charge is 0.381 e. The molecule has 90 valence electrons. The molecule has 4 heteroatoms. The van der Waals surface area contributed by atoms with Crippen molar-refractivity contribution in [2.45, 2.75) is 31.4 Å². The van der Waals surface area contributed by atoms with Crippen LogP contribution in [-0.2, 0) is 4.74 Å². The number of ether oxygens (including phenoxy) is 1. The maximum atomic E-state index is 5.81. The number of thioether (sulfide) groups is 1. The van der Waals surface area contributed by atoms with Gasteiger partial charge in [0, 0.05) is 26.2 Å². The molecule has 0 saturated carbocycles. The third-order valence-electron chi connectivity index (χ3n) is 3.19. The van der Waals surface area contributed by atoms with E-state index in [4.69, 9.17) is 10.5 Å². The molecule has 1 fully saturated rings. The van der Waals surface area contributed by atoms with Crippen molar-refractivity contribution < 1.29 is 4.74 Å². The highest BCUT2D eigenvalue weighted by Gasteiger charge is 2.26. The van der Waals surface area contributed by atoms with Gasteiger partial charge in [0.2, 0.25) is 0 Å². The van der Waals surface area contributed by atoms with Gasteiger partial charge in [-0.05, 0) is 37.8 Å². The second-order valence-corrected chi connectivity index (χ2v) is 5.14. The first-order chi connectivity index (χ1) is 7.31. The molecule has 3 nitrogen and oxygen atoms in total. The Balaban J connectivity index is 2.30. The van der Waals surface area contributed by atoms with E-state index < -0.39 is 0 Å². The molecule has 0 aromatic rings. The summed E-state index contributed by atoms with van der Waals surface area (Å²) < 4.78 is 5.41. The maximum Gasteiger partial charge on any atom is 0.0599 e. The summed E-state index contributed by atoms with van der Waals surface area (Å²) in [5.41, 5.74) is 5.81. The minimum absolute atomic E-state index is 0.426. The highest BCUT2D eigenvalue weighted by Crippen LogP contribution is 2.19. The second-order valence-electron chi connectivity index (χ2n) is 4.15. The number of likely N-dealkylation sites (tertiary alicyclic amines) is 1. The van der Waals surface area contributed by atoms with Crippen LogP contribution in [0.2, 0.25) is 0 Å². The number of nitrogens with zero attached hydrogens (tertiary/aromatic N) is 1. The Morgan fingerprint density at radius 2 is 2.33 bits per heavy atom. The zero-order valence-corrected chi connectivity index (χ0v) is 10.8. The van der Waals surface area contributed by atoms with E-state index in [0.717, 1.165) is 25.9 Å². The van der Waals surface area contributed by atoms with Crippen molar-refractivity contribution in [2.75, 3.05) is 38.8 Å². The fraction of sp³-hybridized carbons (Fsp3) is 1.00. The normalized spacial score (nSPS) is 28.2. The molecule has 2 atom stereocenters. The monoisotopic (exact) mass is 232 g/mol. The first kappa shape index (κ1) is 13.3. The van der Waals surface area contributed by atoms with Crippen molar-refractivity contribution in [1.29, 1.82) is 0 Å². The fourth-order valence-corrected chi connectivity index (χ4v) is 2.65. The van der Waals surface area contributed by atoms with E-state index in [1.165, 1.54) is 18.7 Å². The van der Waals surface area contributed by atoms with E-state index in [1.54, 1.807) is 0 Å². The van der Waals surface area contributed by atoms with Crippen molar-refractivity contribution in [2.24, 2.45) is 5.73 Å². The smallest absolute Gasteiger partial charge is 0.0599 e. The molecule has 1 heterocycles. The van der Waals surface area contributed by atoms with Gasteiger partial charge in [-0.15, -0.1) is 0 Å². The summed E-state index contributed by atoms with van der Waals surface area (Å²) in [6.45, 7) is 3.10. The number of rotatable bonds is 6. The maximum absolute atomic E-state index is 5.81. The van der Waals surface area contributed by atoms with E-state index in [-0.39, 0.29) is 0 Å². The van der Waals surface area contributed by atoms with Gasteiger partial charge in [-0.2, -0.15) is 11.8 Å². The molecular weight excluding hydrogens is 208 g/mol. The van der Waals surface area contributed by atoms with Crippen LogP contribution >= 0.6 is 11.8 Å². The summed E-state index contributed by atoms with van der Waals surface area (Å²) in [5, 5.41) is 0. The average molecular weight is 232 g/mol. The van der Waals surface area contributed by atoms with Crippen LogP contribution in [0.25, 0.3) is 0 Å². The molecule has 1 rings (SSSR count). The molecule has 0 bridgehead atoms. The molecule has 0 amide bonds. The van der Waals surface area contributed by atoms with Crippen LogP contribution in [-0.4, -0.2) is 55.8 Å². The molecule has 0 aliphatic carbocycles. The lowest BCUT2D eigenvalue weighted by Crippen LogP contribution is -2.48. The molecule has 2 N–H and O–H groups in total. The predicted molar refractivity (Wildman–Crippen MR) is 67.4 cm³/mol. The molecule has 0 aromatic carbocycles. The first-order valence-electron chi connectivity index (χ1n) is 5.77. The van der Waals surface area contributed by atoms with E-state index in [9.17, 15) is 0 Å². The number of nitrogens with two attached hydrogens (primary N) is 1. The van der Waals surface area contributed by atoms with Crippen LogP contribution in [0.3, 0.4) is 0 Å². The predicted octanol–water partition coefficient (Wildman–Crippen LogP) is 1.18. The molecule has 2 unspecified atom stereocenters. The zero-order chi connectivity index (χ0) is 11.1. The minimum Gasteiger partial charge on any atom is -0.381 e. The standard InChI is InChI=1S/C11H24N2OS/c1-14-11-4-6-13(5-3-7-15-2)10(8-11)9-12/h10-11H,3-9,12H2,1-2H3. The van der Waals surface area contributed by atoms with E-state index in [0.29, 0.717) is 12.1 Å². The summed E-state index contributed by atoms with van der Waals surface area (Å²) in [5.74, 6) is 1.25. The Morgan fingerprint density at radius 3 is 2.93 bits per heavy atom. The van der Waals surface area contributed by atoms with E-state index >= 15 is 0 Å². The Labute approximate surface area is 97.7 Å². The summed E-state index contributed by atoms with van der Waals surface area (Å²) in [4.78, 5) is 2.53. The SMILES string of the molecule is COC1CCN(CCCSC)C(CN)C1. The van der Waals surface area contributed by atoms with E-state index in [1.807, 2.05) is 18.9 Å². The first-order valence-corrected chi connectivity index (χ1v) is 7.17. The van der Waals surface area contributed by atoms with Gasteiger partial charge in [-0.25, -0.2) is 0 Å². The lowest BCUT2D eigenvalue weighted by molar-refractivity contribution is 0.0135. The molecule has 0 radical (unpaired) electrons. The zero-order valence-electron chi connectivity index (χ0n) is 9.95. The van der Waals surface area contributed by atoms with Crippen molar-refractivity contribution in [3.8, 4) is 0 Å². The Bertz CT molecular complexity index is 167. The second kappa shape index (κ2) is 7.49. The average Bonchev–Trinajstić information content (AvgIpc) is 2.29. The van der Waals surface area contributed by atoms with Crippen LogP contribution in [0.15, 0.2) is 0 Å². The van der Waals surface area contributed by atoms with Crippen LogP contribution in [0.4, 0.5) is 0 Å². The van der Waals surface area contributed by atoms with Gasteiger partial charge in [0.1, 0.15) is 0 Å². The van der Waals surface area contributed by atoms with Crippen molar-refractivity contribution in [3.63, 3.8) is 0 Å². The van der Waals surface area contributed by atoms with Crippen molar-refractivity contribution in [3.05, 3.63) is 0 Å². The van der Waals surface area contributed by atoms with Crippen LogP contribution in [0.5, 0.6) is 0 Å². The van der Waals surface area contributed by atoms with Crippen LogP contribution in [0.1, 0.15) is 19.3 Å². The summed E-state index contributed by atoms with van der Waals surface area (Å²) in [6, 6.07) is 0.533. The molecule has 1 saturated heterocycles. The Hall–Kier alpha value is 0.230. The van der Waals surface area contributed by atoms with Crippen molar-refractivity contribution in [1.82, 2.24) is 4.90 Å². The van der Waals surface area contributed by atoms with Gasteiger partial charge in [0.15, 0.2) is 0 Å². The van der Waals surface area contributed by atoms with Gasteiger partial charge < -0.3 is 10.5 Å². The van der Waals surface area contributed by atoms with Gasteiger partial charge in [0.05, 0.1) is 6.10 Å². The molecular formula is C11H24N2OS. The Kier molecular flexibility index (Phi) is 6.64. The lowest BCUT2D eigenvalue weighted by atomic mass is 9.99. The molecule has 0 aromatic heterocycles. The number of hydrogen-bond acceptors (Lipinski definition) is 4. The van der Waals surface area contributed by atoms with Gasteiger partial charge in [-0.3, -0.25) is 4.90 Å². The van der Waals surface area contributed by atoms with Crippen molar-refractivity contribution >= 4 is 11.8 Å². The molecule has 1 aliphatic rings. The number of hydrogen-bond donors (Lipinski definition) is 1. The molecule has 15 heavy (non-hydrogen) atoms. The number of methoxy groups -OCH3 is 1. The summed E-state index contributed by atoms with van der Waals surface area (Å²) in [6.07, 6.45) is 6.13. The Morgan fingerprint density at radius 1 is 1.53 bits per heavy atom. The fourth-order valence-electron chi connectivity index (χ4n) is 2.23. The highest BCUT2D eigenvalue weighted by atomic mass is 32.2. The van der Waals surface area contributed by atoms with Gasteiger partial charge >= 0.3 is 0 Å². The van der Waals surface area contributed by atoms with Crippen LogP contribution < -0.4 is 5.73 Å². The van der Waals surface area contributed by atoms with E-state index in [2.05, 4.69) is 11.2 Å². The highest BCUT2D eigenvalue weighted by molar-refractivity contribution is 7.98. The lowest BCUT2D eigenvalue weighted by Gasteiger charge is -2.38. The topological polar surface area (TPSA) is 38.5 Å². The van der Waals surface area contributed by atoms with Gasteiger partial charge in [0.25, 0.3) is 0 Å². The number of piperidine rings is 1. The molecule has 1 aliphatic heterocycles. The quantitative estimate of drug-likeness (QED) is 0.698. The summed E-state index contributed by atoms with van der Waals surface area (Å²) >= 11 is 1.92. The van der Waals surface area contributed by atoms with Crippen LogP contribution in [0, 0.1) is 0 Å². The minimum atomic E-state index is 0.426. The van der Waals surface area contributed by atoms with Gasteiger partial charge in [-0.1, -0.05) is 0 Å². The molecule has 0 spiro atoms. The summed E-state index contributed by atoms with van der Waals surface area (Å²) in [7, 11) is 1.81. The third-order valence-corrected chi connectivity index (χ3v) is 3.89.